The highest BCUT2D eigenvalue weighted by molar-refractivity contribution is 7.49. The lowest BCUT2D eigenvalue weighted by atomic mass is 9.79. The van der Waals surface area contributed by atoms with Crippen molar-refractivity contribution < 1.29 is 47.8 Å². The van der Waals surface area contributed by atoms with Crippen molar-refractivity contribution in [2.75, 3.05) is 0 Å². The molecule has 270 valence electrons. The van der Waals surface area contributed by atoms with E-state index in [4.69, 9.17) is 32.2 Å². The summed E-state index contributed by atoms with van der Waals surface area (Å²) in [5, 5.41) is 20.4. The van der Waals surface area contributed by atoms with Gasteiger partial charge in [0.05, 0.1) is 11.1 Å². The van der Waals surface area contributed by atoms with Crippen LogP contribution in [0.3, 0.4) is 0 Å². The number of benzene rings is 5. The summed E-state index contributed by atoms with van der Waals surface area (Å²) in [4.78, 5) is 39.1. The molecule has 0 aliphatic rings. The Balaban J connectivity index is 0.000000251. The number of hydrogen-bond acceptors (Lipinski definition) is 8. The normalized spacial score (nSPS) is 11.1. The van der Waals surface area contributed by atoms with Crippen molar-refractivity contribution >= 4 is 48.9 Å². The number of para-hydroxylation sites is 2. The standard InChI is InChI=1S/C25H22Cl2O4.C14H13O6P/c1-13-9-14(25(2,3)4)10-20(19-11-15(26)5-7-17(19)23(28)29)22(13)21-12-16(27)6-8-18(21)24(30)31;1-12(15)17-20-21(16,18-13-8-4-2-5-9-13)19-14-10-6-3-7-11-14/h5-12H,1-4H3,(H,28,29)(H,30,31);2-11H,1H3. The van der Waals surface area contributed by atoms with Crippen molar-refractivity contribution in [3.8, 4) is 33.8 Å². The van der Waals surface area contributed by atoms with E-state index >= 15 is 0 Å². The zero-order valence-corrected chi connectivity index (χ0v) is 31.2. The van der Waals surface area contributed by atoms with Crippen LogP contribution < -0.4 is 9.05 Å². The van der Waals surface area contributed by atoms with Crippen molar-refractivity contribution in [3.63, 3.8) is 0 Å². The first-order valence-corrected chi connectivity index (χ1v) is 17.9. The molecule has 0 aliphatic heterocycles. The first kappa shape index (κ1) is 39.7. The van der Waals surface area contributed by atoms with Crippen LogP contribution in [0, 0.1) is 6.92 Å². The number of carbonyl (C=O) groups excluding carboxylic acids is 1. The van der Waals surface area contributed by atoms with Crippen LogP contribution in [-0.2, 0) is 24.3 Å². The number of carboxylic acids is 2. The summed E-state index contributed by atoms with van der Waals surface area (Å²) in [7, 11) is -4.16. The van der Waals surface area contributed by atoms with E-state index in [0.29, 0.717) is 32.3 Å². The van der Waals surface area contributed by atoms with Gasteiger partial charge in [0.1, 0.15) is 11.5 Å². The highest BCUT2D eigenvalue weighted by Crippen LogP contribution is 2.50. The summed E-state index contributed by atoms with van der Waals surface area (Å²) < 4.78 is 27.5. The molecule has 0 atom stereocenters. The van der Waals surface area contributed by atoms with Crippen LogP contribution in [0.25, 0.3) is 22.3 Å². The summed E-state index contributed by atoms with van der Waals surface area (Å²) >= 11 is 12.5. The topological polar surface area (TPSA) is 146 Å². The van der Waals surface area contributed by atoms with Crippen molar-refractivity contribution in [2.24, 2.45) is 0 Å². The molecule has 0 amide bonds. The average molecular weight is 766 g/mol. The lowest BCUT2D eigenvalue weighted by molar-refractivity contribution is -0.218. The van der Waals surface area contributed by atoms with E-state index in [2.05, 4.69) is 30.3 Å². The predicted octanol–water partition coefficient (Wildman–Crippen LogP) is 11.1. The molecule has 0 aliphatic carbocycles. The number of halogens is 2. The van der Waals surface area contributed by atoms with E-state index < -0.39 is 25.7 Å². The minimum atomic E-state index is -4.16. The van der Waals surface area contributed by atoms with Crippen LogP contribution >= 0.6 is 31.0 Å². The minimum absolute atomic E-state index is 0.0787. The number of hydrogen-bond donors (Lipinski definition) is 2. The SMILES string of the molecule is CC(=O)OOP(=O)(Oc1ccccc1)Oc1ccccc1.Cc1cc(C(C)(C)C)cc(-c2cc(Cl)ccc2C(=O)O)c1-c1cc(Cl)ccc1C(=O)O. The molecular weight excluding hydrogens is 730 g/mol. The molecule has 0 saturated carbocycles. The van der Waals surface area contributed by atoms with Crippen molar-refractivity contribution in [1.82, 2.24) is 0 Å². The Morgan fingerprint density at radius 1 is 0.654 bits per heavy atom. The average Bonchev–Trinajstić information content (AvgIpc) is 3.07. The lowest BCUT2D eigenvalue weighted by Gasteiger charge is -2.25. The molecule has 2 N–H and O–H groups in total. The Kier molecular flexibility index (Phi) is 12.9. The zero-order chi connectivity index (χ0) is 38.2. The predicted molar refractivity (Wildman–Crippen MR) is 199 cm³/mol. The van der Waals surface area contributed by atoms with E-state index in [1.807, 2.05) is 19.1 Å². The van der Waals surface area contributed by atoms with E-state index in [-0.39, 0.29) is 28.0 Å². The summed E-state index contributed by atoms with van der Waals surface area (Å²) in [6, 6.07) is 29.6. The van der Waals surface area contributed by atoms with Gasteiger partial charge in [0.25, 0.3) is 0 Å². The number of carbonyl (C=O) groups is 3. The van der Waals surface area contributed by atoms with Crippen LogP contribution in [-0.4, -0.2) is 28.1 Å². The maximum Gasteiger partial charge on any atom is 0.625 e. The number of rotatable bonds is 10. The summed E-state index contributed by atoms with van der Waals surface area (Å²) in [5.74, 6) is -2.46. The van der Waals surface area contributed by atoms with E-state index in [1.165, 1.54) is 24.3 Å². The fraction of sp³-hybridized carbons (Fsp3) is 0.154. The fourth-order valence-electron chi connectivity index (χ4n) is 4.99. The molecule has 10 nitrogen and oxygen atoms in total. The molecule has 0 fully saturated rings. The van der Waals surface area contributed by atoms with Gasteiger partial charge in [0.2, 0.25) is 0 Å². The number of phosphoric ester groups is 1. The second-order valence-electron chi connectivity index (χ2n) is 12.4. The van der Waals surface area contributed by atoms with Crippen LogP contribution in [0.15, 0.2) is 109 Å². The molecule has 5 rings (SSSR count). The quantitative estimate of drug-likeness (QED) is 0.0800. The summed E-state index contributed by atoms with van der Waals surface area (Å²) in [6.07, 6.45) is 0. The third-order valence-corrected chi connectivity index (χ3v) is 8.95. The highest BCUT2D eigenvalue weighted by atomic mass is 35.5. The van der Waals surface area contributed by atoms with Crippen molar-refractivity contribution in [2.45, 2.75) is 40.0 Å². The molecule has 52 heavy (non-hydrogen) atoms. The van der Waals surface area contributed by atoms with Crippen LogP contribution in [0.5, 0.6) is 11.5 Å². The maximum absolute atomic E-state index is 12.5. The van der Waals surface area contributed by atoms with Gasteiger partial charge in [-0.15, -0.1) is 0 Å². The van der Waals surface area contributed by atoms with Gasteiger partial charge < -0.3 is 19.3 Å². The van der Waals surface area contributed by atoms with Crippen LogP contribution in [0.2, 0.25) is 10.0 Å². The Morgan fingerprint density at radius 3 is 1.56 bits per heavy atom. The number of aryl methyl sites for hydroxylation is 1. The van der Waals surface area contributed by atoms with Gasteiger partial charge in [-0.2, -0.15) is 0 Å². The van der Waals surface area contributed by atoms with E-state index in [9.17, 15) is 29.2 Å². The van der Waals surface area contributed by atoms with Gasteiger partial charge in [-0.1, -0.05) is 91.1 Å². The second kappa shape index (κ2) is 16.9. The zero-order valence-electron chi connectivity index (χ0n) is 28.8. The first-order valence-electron chi connectivity index (χ1n) is 15.6. The molecule has 5 aromatic carbocycles. The summed E-state index contributed by atoms with van der Waals surface area (Å²) in [6.45, 7) is 9.16. The lowest BCUT2D eigenvalue weighted by Crippen LogP contribution is -2.13. The molecule has 0 unspecified atom stereocenters. The monoisotopic (exact) mass is 764 g/mol. The third-order valence-electron chi connectivity index (χ3n) is 7.35. The highest BCUT2D eigenvalue weighted by Gasteiger charge is 2.34. The molecule has 0 spiro atoms. The fourth-order valence-corrected chi connectivity index (χ4v) is 6.39. The molecule has 0 radical (unpaired) electrons. The molecule has 0 aromatic heterocycles. The Bertz CT molecular complexity index is 2090. The third kappa shape index (κ3) is 10.5. The Hall–Kier alpha value is -5.12. The van der Waals surface area contributed by atoms with E-state index in [1.54, 1.807) is 72.8 Å². The van der Waals surface area contributed by atoms with Gasteiger partial charge in [-0.25, -0.2) is 18.9 Å². The van der Waals surface area contributed by atoms with Gasteiger partial charge in [-0.05, 0) is 112 Å². The number of carboxylic acid groups (broad SMARTS) is 2. The molecule has 5 aromatic rings. The smallest absolute Gasteiger partial charge is 0.478 e. The number of aromatic carboxylic acids is 2. The molecular formula is C39H35Cl2O10P. The van der Waals surface area contributed by atoms with E-state index in [0.717, 1.165) is 18.1 Å². The molecule has 0 bridgehead atoms. The van der Waals surface area contributed by atoms with Gasteiger partial charge >= 0.3 is 25.7 Å². The molecule has 13 heteroatoms. The van der Waals surface area contributed by atoms with Crippen LogP contribution in [0.1, 0.15) is 59.5 Å². The molecule has 0 heterocycles. The van der Waals surface area contributed by atoms with Crippen LogP contribution in [0.4, 0.5) is 0 Å². The van der Waals surface area contributed by atoms with Gasteiger partial charge in [-0.3, -0.25) is 4.89 Å². The maximum atomic E-state index is 12.5. The largest absolute Gasteiger partial charge is 0.625 e. The molecule has 0 saturated heterocycles. The summed E-state index contributed by atoms with van der Waals surface area (Å²) in [5.41, 5.74) is 3.77. The Labute approximate surface area is 311 Å². The van der Waals surface area contributed by atoms with Crippen molar-refractivity contribution in [1.29, 1.82) is 0 Å². The Morgan fingerprint density at radius 2 is 1.12 bits per heavy atom. The van der Waals surface area contributed by atoms with Gasteiger partial charge in [0.15, 0.2) is 0 Å². The number of phosphoric acid groups is 1. The van der Waals surface area contributed by atoms with Gasteiger partial charge in [0, 0.05) is 17.0 Å². The minimum Gasteiger partial charge on any atom is -0.478 e. The second-order valence-corrected chi connectivity index (χ2v) is 14.6. The first-order chi connectivity index (χ1) is 24.5. The van der Waals surface area contributed by atoms with Crippen molar-refractivity contribution in [3.05, 3.63) is 141 Å².